The van der Waals surface area contributed by atoms with Crippen molar-refractivity contribution < 1.29 is 22.4 Å². The molecule has 32 heavy (non-hydrogen) atoms. The molecule has 0 saturated carbocycles. The lowest BCUT2D eigenvalue weighted by atomic mass is 9.77. The highest BCUT2D eigenvalue weighted by Gasteiger charge is 2.46. The van der Waals surface area contributed by atoms with E-state index >= 15 is 0 Å². The van der Waals surface area contributed by atoms with Crippen molar-refractivity contribution >= 4 is 28.6 Å². The van der Waals surface area contributed by atoms with Crippen LogP contribution in [0.2, 0.25) is 0 Å². The van der Waals surface area contributed by atoms with E-state index in [2.05, 4.69) is 15.1 Å². The van der Waals surface area contributed by atoms with Gasteiger partial charge in [0.05, 0.1) is 18.1 Å². The minimum Gasteiger partial charge on any atom is -0.355 e. The number of hydrogen-bond acceptors (Lipinski definition) is 5. The molecule has 2 aliphatic rings. The molecule has 2 fully saturated rings. The number of amides is 1. The van der Waals surface area contributed by atoms with E-state index in [0.29, 0.717) is 55.9 Å². The number of alkyl halides is 2. The molecule has 0 unspecified atom stereocenters. The van der Waals surface area contributed by atoms with E-state index in [9.17, 15) is 22.4 Å². The van der Waals surface area contributed by atoms with Gasteiger partial charge < -0.3 is 9.80 Å². The smallest absolute Gasteiger partial charge is 0.258 e. The number of halogens is 4. The van der Waals surface area contributed by atoms with Gasteiger partial charge in [-0.3, -0.25) is 4.79 Å². The van der Waals surface area contributed by atoms with E-state index in [0.717, 1.165) is 16.8 Å². The Balaban J connectivity index is 1.31. The van der Waals surface area contributed by atoms with Crippen molar-refractivity contribution in [1.29, 1.82) is 0 Å². The maximum atomic E-state index is 14.2. The monoisotopic (exact) mass is 448 g/mol. The van der Waals surface area contributed by atoms with Gasteiger partial charge in [-0.2, -0.15) is 5.10 Å². The Morgan fingerprint density at radius 2 is 1.91 bits per heavy atom. The zero-order chi connectivity index (χ0) is 22.5. The Morgan fingerprint density at radius 1 is 1.12 bits per heavy atom. The van der Waals surface area contributed by atoms with Gasteiger partial charge >= 0.3 is 0 Å². The average molecular weight is 448 g/mol. The van der Waals surface area contributed by atoms with Crippen molar-refractivity contribution in [2.24, 2.45) is 5.41 Å². The number of piperidine rings is 1. The van der Waals surface area contributed by atoms with Crippen LogP contribution in [-0.4, -0.2) is 51.7 Å². The second-order valence-electron chi connectivity index (χ2n) is 8.39. The molecule has 5 rings (SSSR count). The van der Waals surface area contributed by atoms with Gasteiger partial charge in [-0.15, -0.1) is 0 Å². The molecule has 2 aromatic heterocycles. The SMILES string of the molecule is O=C1CC2(CCN(c3cnc4cnn(CC(F)F)c4n3)CC2)CN1c1ccc(F)cc1F. The molecule has 0 radical (unpaired) electrons. The largest absolute Gasteiger partial charge is 0.355 e. The topological polar surface area (TPSA) is 67.2 Å². The van der Waals surface area contributed by atoms with Crippen LogP contribution < -0.4 is 9.80 Å². The molecule has 3 aromatic rings. The van der Waals surface area contributed by atoms with Crippen LogP contribution >= 0.6 is 0 Å². The molecule has 4 heterocycles. The first-order valence-corrected chi connectivity index (χ1v) is 10.3. The standard InChI is InChI=1S/C21H20F4N6O/c22-13-1-2-16(14(23)7-13)30-12-21(8-19(30)32)3-5-29(6-4-21)18-10-26-15-9-27-31(11-17(24)25)20(15)28-18/h1-2,7,9-10,17H,3-6,8,11-12H2. The molecular formula is C21H20F4N6O. The Hall–Kier alpha value is -3.24. The number of fused-ring (bicyclic) bond motifs is 1. The number of anilines is 2. The molecule has 1 amide bonds. The number of carbonyl (C=O) groups excluding carboxylic acids is 1. The van der Waals surface area contributed by atoms with Crippen molar-refractivity contribution in [3.63, 3.8) is 0 Å². The van der Waals surface area contributed by atoms with E-state index in [1.807, 2.05) is 4.90 Å². The summed E-state index contributed by atoms with van der Waals surface area (Å²) in [6.07, 6.45) is 2.10. The maximum absolute atomic E-state index is 14.2. The number of benzene rings is 1. The van der Waals surface area contributed by atoms with Crippen LogP contribution in [0.5, 0.6) is 0 Å². The van der Waals surface area contributed by atoms with Gasteiger partial charge in [0, 0.05) is 37.5 Å². The van der Waals surface area contributed by atoms with Crippen LogP contribution in [-0.2, 0) is 11.3 Å². The highest BCUT2D eigenvalue weighted by Crippen LogP contribution is 2.43. The highest BCUT2D eigenvalue weighted by atomic mass is 19.3. The van der Waals surface area contributed by atoms with E-state index in [-0.39, 0.29) is 17.0 Å². The number of hydrogen-bond donors (Lipinski definition) is 0. The van der Waals surface area contributed by atoms with Crippen molar-refractivity contribution in [2.45, 2.75) is 32.2 Å². The van der Waals surface area contributed by atoms with Crippen molar-refractivity contribution in [3.8, 4) is 0 Å². The summed E-state index contributed by atoms with van der Waals surface area (Å²) in [6, 6.07) is 3.22. The van der Waals surface area contributed by atoms with Crippen LogP contribution in [0.1, 0.15) is 19.3 Å². The van der Waals surface area contributed by atoms with Gasteiger partial charge in [0.15, 0.2) is 5.65 Å². The Morgan fingerprint density at radius 3 is 2.62 bits per heavy atom. The zero-order valence-corrected chi connectivity index (χ0v) is 17.0. The second kappa shape index (κ2) is 7.72. The summed E-state index contributed by atoms with van der Waals surface area (Å²) in [5.41, 5.74) is 0.543. The summed E-state index contributed by atoms with van der Waals surface area (Å²) in [4.78, 5) is 24.8. The van der Waals surface area contributed by atoms with Crippen LogP contribution in [0.4, 0.5) is 29.1 Å². The molecule has 1 aromatic carbocycles. The average Bonchev–Trinajstić information content (AvgIpc) is 3.28. The fourth-order valence-corrected chi connectivity index (χ4v) is 4.62. The van der Waals surface area contributed by atoms with E-state index < -0.39 is 24.6 Å². The van der Waals surface area contributed by atoms with Crippen LogP contribution in [0.15, 0.2) is 30.6 Å². The fraction of sp³-hybridized carbons (Fsp3) is 0.429. The minimum atomic E-state index is -2.55. The van der Waals surface area contributed by atoms with Gasteiger partial charge in [-0.25, -0.2) is 32.2 Å². The highest BCUT2D eigenvalue weighted by molar-refractivity contribution is 5.96. The van der Waals surface area contributed by atoms with Gasteiger partial charge in [-0.05, 0) is 25.0 Å². The Bertz CT molecular complexity index is 1170. The fourth-order valence-electron chi connectivity index (χ4n) is 4.62. The molecule has 0 N–H and O–H groups in total. The molecule has 0 aliphatic carbocycles. The third-order valence-electron chi connectivity index (χ3n) is 6.31. The van der Waals surface area contributed by atoms with Crippen molar-refractivity contribution in [3.05, 3.63) is 42.2 Å². The Labute approximate surface area is 180 Å². The second-order valence-corrected chi connectivity index (χ2v) is 8.39. The predicted molar refractivity (Wildman–Crippen MR) is 109 cm³/mol. The zero-order valence-electron chi connectivity index (χ0n) is 17.0. The third kappa shape index (κ3) is 3.65. The minimum absolute atomic E-state index is 0.0966. The molecular weight excluding hydrogens is 428 g/mol. The third-order valence-corrected chi connectivity index (χ3v) is 6.31. The van der Waals surface area contributed by atoms with Gasteiger partial charge in [-0.1, -0.05) is 0 Å². The number of carbonyl (C=O) groups is 1. The first kappa shape index (κ1) is 20.7. The maximum Gasteiger partial charge on any atom is 0.258 e. The quantitative estimate of drug-likeness (QED) is 0.573. The van der Waals surface area contributed by atoms with Crippen LogP contribution in [0.3, 0.4) is 0 Å². The number of aromatic nitrogens is 4. The van der Waals surface area contributed by atoms with Gasteiger partial charge in [0.1, 0.15) is 29.5 Å². The van der Waals surface area contributed by atoms with E-state index in [1.165, 1.54) is 17.2 Å². The summed E-state index contributed by atoms with van der Waals surface area (Å²) in [5, 5.41) is 3.93. The van der Waals surface area contributed by atoms with E-state index in [1.54, 1.807) is 6.20 Å². The molecule has 168 valence electrons. The lowest BCUT2D eigenvalue weighted by Crippen LogP contribution is -2.42. The lowest BCUT2D eigenvalue weighted by molar-refractivity contribution is -0.117. The summed E-state index contributed by atoms with van der Waals surface area (Å²) < 4.78 is 54.2. The molecule has 2 saturated heterocycles. The summed E-state index contributed by atoms with van der Waals surface area (Å²) >= 11 is 0. The number of rotatable bonds is 4. The number of nitrogens with zero attached hydrogens (tertiary/aromatic N) is 6. The molecule has 0 bridgehead atoms. The summed E-state index contributed by atoms with van der Waals surface area (Å²) in [6.45, 7) is 1.00. The first-order valence-electron chi connectivity index (χ1n) is 10.3. The molecule has 2 aliphatic heterocycles. The van der Waals surface area contributed by atoms with Crippen LogP contribution in [0, 0.1) is 17.0 Å². The van der Waals surface area contributed by atoms with E-state index in [4.69, 9.17) is 0 Å². The van der Waals surface area contributed by atoms with Gasteiger partial charge in [0.25, 0.3) is 6.43 Å². The van der Waals surface area contributed by atoms with Gasteiger partial charge in [0.2, 0.25) is 5.91 Å². The van der Waals surface area contributed by atoms with Crippen LogP contribution in [0.25, 0.3) is 11.2 Å². The predicted octanol–water partition coefficient (Wildman–Crippen LogP) is 3.39. The summed E-state index contributed by atoms with van der Waals surface area (Å²) in [5.74, 6) is -1.05. The van der Waals surface area contributed by atoms with Crippen molar-refractivity contribution in [2.75, 3.05) is 29.4 Å². The summed E-state index contributed by atoms with van der Waals surface area (Å²) in [7, 11) is 0. The first-order chi connectivity index (χ1) is 15.3. The Kier molecular flexibility index (Phi) is 4.98. The molecule has 1 spiro atoms. The lowest BCUT2D eigenvalue weighted by Gasteiger charge is -2.39. The van der Waals surface area contributed by atoms with Crippen molar-refractivity contribution in [1.82, 2.24) is 19.7 Å². The molecule has 0 atom stereocenters. The molecule has 7 nitrogen and oxygen atoms in total. The normalized spacial score (nSPS) is 18.5. The molecule has 11 heteroatoms.